The highest BCUT2D eigenvalue weighted by Gasteiger charge is 2.45. The molecule has 0 radical (unpaired) electrons. The van der Waals surface area contributed by atoms with Crippen molar-refractivity contribution in [2.24, 2.45) is 11.3 Å². The van der Waals surface area contributed by atoms with Crippen molar-refractivity contribution in [3.8, 4) is 11.5 Å². The third-order valence-electron chi connectivity index (χ3n) is 7.63. The number of ether oxygens (including phenoxy) is 2. The van der Waals surface area contributed by atoms with Crippen LogP contribution in [0, 0.1) is 11.3 Å². The molecule has 1 atom stereocenters. The van der Waals surface area contributed by atoms with Gasteiger partial charge in [0.1, 0.15) is 11.5 Å². The quantitative estimate of drug-likeness (QED) is 0.190. The molecule has 1 aliphatic rings. The number of benzene rings is 4. The van der Waals surface area contributed by atoms with Crippen molar-refractivity contribution in [3.63, 3.8) is 0 Å². The number of rotatable bonds is 6. The summed E-state index contributed by atoms with van der Waals surface area (Å²) in [6.07, 6.45) is 3.15. The van der Waals surface area contributed by atoms with Crippen molar-refractivity contribution in [1.29, 1.82) is 0 Å². The van der Waals surface area contributed by atoms with Gasteiger partial charge in [-0.2, -0.15) is 0 Å². The molecular formula is C35H34O4. The Morgan fingerprint density at radius 3 is 1.41 bits per heavy atom. The van der Waals surface area contributed by atoms with Crippen LogP contribution in [-0.4, -0.2) is 11.9 Å². The van der Waals surface area contributed by atoms with Crippen molar-refractivity contribution >= 4 is 11.9 Å². The molecule has 0 aromatic heterocycles. The number of hydrogen-bond donors (Lipinski definition) is 0. The Kier molecular flexibility index (Phi) is 7.38. The standard InChI is InChI=1S/C35H34O4/c1-25-22-34(2,3)24-35(23-25,28-14-18-30(19-15-28)38-32(36)26-10-6-4-7-11-26)29-16-20-31(21-17-29)39-33(37)27-12-8-5-9-13-27/h4-21,25H,22-24H2,1-3H3. The van der Waals surface area contributed by atoms with Gasteiger partial charge in [-0.15, -0.1) is 0 Å². The highest BCUT2D eigenvalue weighted by molar-refractivity contribution is 5.91. The van der Waals surface area contributed by atoms with Crippen LogP contribution >= 0.6 is 0 Å². The van der Waals surface area contributed by atoms with Crippen molar-refractivity contribution in [2.75, 3.05) is 0 Å². The minimum absolute atomic E-state index is 0.147. The second-order valence-corrected chi connectivity index (χ2v) is 11.5. The van der Waals surface area contributed by atoms with Crippen molar-refractivity contribution in [1.82, 2.24) is 0 Å². The van der Waals surface area contributed by atoms with E-state index in [1.807, 2.05) is 60.7 Å². The third kappa shape index (κ3) is 5.96. The minimum atomic E-state index is -0.369. The van der Waals surface area contributed by atoms with Crippen LogP contribution in [0.5, 0.6) is 11.5 Å². The van der Waals surface area contributed by atoms with E-state index in [1.54, 1.807) is 24.3 Å². The van der Waals surface area contributed by atoms with Gasteiger partial charge in [-0.1, -0.05) is 81.4 Å². The van der Waals surface area contributed by atoms with Crippen molar-refractivity contribution in [3.05, 3.63) is 131 Å². The molecule has 0 bridgehead atoms. The van der Waals surface area contributed by atoms with Gasteiger partial charge in [0.25, 0.3) is 0 Å². The van der Waals surface area contributed by atoms with E-state index < -0.39 is 0 Å². The average molecular weight is 519 g/mol. The van der Waals surface area contributed by atoms with Gasteiger partial charge in [0.15, 0.2) is 0 Å². The fourth-order valence-electron chi connectivity index (χ4n) is 6.34. The summed E-state index contributed by atoms with van der Waals surface area (Å²) in [5.74, 6) is 0.834. The summed E-state index contributed by atoms with van der Waals surface area (Å²) in [5, 5.41) is 0. The van der Waals surface area contributed by atoms with Gasteiger partial charge >= 0.3 is 11.9 Å². The lowest BCUT2D eigenvalue weighted by Gasteiger charge is -2.48. The van der Waals surface area contributed by atoms with E-state index in [1.165, 1.54) is 11.1 Å². The summed E-state index contributed by atoms with van der Waals surface area (Å²) in [5.41, 5.74) is 3.36. The predicted octanol–water partition coefficient (Wildman–Crippen LogP) is 8.26. The zero-order chi connectivity index (χ0) is 27.5. The van der Waals surface area contributed by atoms with E-state index in [0.717, 1.165) is 19.3 Å². The molecule has 39 heavy (non-hydrogen) atoms. The summed E-state index contributed by atoms with van der Waals surface area (Å²) in [6, 6.07) is 33.9. The van der Waals surface area contributed by atoms with Crippen LogP contribution < -0.4 is 9.47 Å². The molecule has 0 heterocycles. The summed E-state index contributed by atoms with van der Waals surface area (Å²) >= 11 is 0. The fraction of sp³-hybridized carbons (Fsp3) is 0.257. The Hall–Kier alpha value is -4.18. The van der Waals surface area contributed by atoms with Crippen LogP contribution in [0.2, 0.25) is 0 Å². The first-order valence-electron chi connectivity index (χ1n) is 13.5. The molecule has 0 spiro atoms. The largest absolute Gasteiger partial charge is 0.423 e. The molecule has 198 valence electrons. The van der Waals surface area contributed by atoms with Crippen LogP contribution in [0.15, 0.2) is 109 Å². The summed E-state index contributed by atoms with van der Waals surface area (Å²) in [4.78, 5) is 25.1. The molecule has 0 aliphatic heterocycles. The van der Waals surface area contributed by atoms with Gasteiger partial charge in [0.2, 0.25) is 0 Å². The molecule has 1 aliphatic carbocycles. The van der Waals surface area contributed by atoms with Gasteiger partial charge in [-0.3, -0.25) is 0 Å². The van der Waals surface area contributed by atoms with Crippen LogP contribution in [0.3, 0.4) is 0 Å². The second-order valence-electron chi connectivity index (χ2n) is 11.5. The highest BCUT2D eigenvalue weighted by atomic mass is 16.5. The van der Waals surface area contributed by atoms with E-state index in [-0.39, 0.29) is 22.8 Å². The number of hydrogen-bond acceptors (Lipinski definition) is 4. The number of carbonyl (C=O) groups is 2. The first kappa shape index (κ1) is 26.4. The first-order valence-corrected chi connectivity index (χ1v) is 13.5. The van der Waals surface area contributed by atoms with Gasteiger partial charge in [0, 0.05) is 5.41 Å². The zero-order valence-corrected chi connectivity index (χ0v) is 22.7. The molecule has 4 aromatic carbocycles. The molecule has 1 fully saturated rings. The van der Waals surface area contributed by atoms with Gasteiger partial charge in [0.05, 0.1) is 11.1 Å². The van der Waals surface area contributed by atoms with E-state index in [2.05, 4.69) is 45.0 Å². The van der Waals surface area contributed by atoms with Crippen LogP contribution in [0.1, 0.15) is 71.9 Å². The maximum Gasteiger partial charge on any atom is 0.343 e. The SMILES string of the molecule is CC1CC(C)(C)CC(c2ccc(OC(=O)c3ccccc3)cc2)(c2ccc(OC(=O)c3ccccc3)cc2)C1. The minimum Gasteiger partial charge on any atom is -0.423 e. The average Bonchev–Trinajstić information content (AvgIpc) is 2.93. The smallest absolute Gasteiger partial charge is 0.343 e. The van der Waals surface area contributed by atoms with Gasteiger partial charge < -0.3 is 9.47 Å². The molecule has 0 amide bonds. The number of esters is 2. The molecule has 1 unspecified atom stereocenters. The highest BCUT2D eigenvalue weighted by Crippen LogP contribution is 2.53. The Labute approximate surface area is 230 Å². The van der Waals surface area contributed by atoms with Gasteiger partial charge in [-0.05, 0) is 90.3 Å². The molecule has 1 saturated carbocycles. The Morgan fingerprint density at radius 1 is 0.615 bits per heavy atom. The molecule has 0 saturated heterocycles. The fourth-order valence-corrected chi connectivity index (χ4v) is 6.34. The monoisotopic (exact) mass is 518 g/mol. The van der Waals surface area contributed by atoms with Crippen LogP contribution in [0.25, 0.3) is 0 Å². The zero-order valence-electron chi connectivity index (χ0n) is 22.7. The molecule has 5 rings (SSSR count). The van der Waals surface area contributed by atoms with E-state index in [0.29, 0.717) is 28.5 Å². The molecule has 4 heteroatoms. The number of carbonyl (C=O) groups excluding carboxylic acids is 2. The lowest BCUT2D eigenvalue weighted by atomic mass is 9.55. The third-order valence-corrected chi connectivity index (χ3v) is 7.63. The normalized spacial score (nSPS) is 17.7. The lowest BCUT2D eigenvalue weighted by molar-refractivity contribution is 0.0725. The van der Waals surface area contributed by atoms with Crippen LogP contribution in [0.4, 0.5) is 0 Å². The Morgan fingerprint density at radius 2 is 1.03 bits per heavy atom. The molecule has 4 aromatic rings. The maximum atomic E-state index is 12.6. The van der Waals surface area contributed by atoms with E-state index in [4.69, 9.17) is 9.47 Å². The summed E-state index contributed by atoms with van der Waals surface area (Å²) in [7, 11) is 0. The van der Waals surface area contributed by atoms with Crippen molar-refractivity contribution < 1.29 is 19.1 Å². The van der Waals surface area contributed by atoms with E-state index in [9.17, 15) is 9.59 Å². The Balaban J connectivity index is 1.42. The first-order chi connectivity index (χ1) is 18.7. The molecule has 0 N–H and O–H groups in total. The topological polar surface area (TPSA) is 52.6 Å². The predicted molar refractivity (Wildman–Crippen MR) is 153 cm³/mol. The Bertz CT molecular complexity index is 1320. The summed E-state index contributed by atoms with van der Waals surface area (Å²) < 4.78 is 11.3. The second kappa shape index (κ2) is 10.9. The summed E-state index contributed by atoms with van der Waals surface area (Å²) in [6.45, 7) is 6.99. The lowest BCUT2D eigenvalue weighted by Crippen LogP contribution is -2.41. The van der Waals surface area contributed by atoms with Crippen LogP contribution in [-0.2, 0) is 5.41 Å². The van der Waals surface area contributed by atoms with E-state index >= 15 is 0 Å². The molecular weight excluding hydrogens is 484 g/mol. The molecule has 4 nitrogen and oxygen atoms in total. The van der Waals surface area contributed by atoms with Gasteiger partial charge in [-0.25, -0.2) is 9.59 Å². The van der Waals surface area contributed by atoms with Crippen molar-refractivity contribution in [2.45, 2.75) is 45.4 Å². The maximum absolute atomic E-state index is 12.6.